The smallest absolute Gasteiger partial charge is 0.242 e. The van der Waals surface area contributed by atoms with Gasteiger partial charge in [0.1, 0.15) is 30.2 Å². The zero-order valence-electron chi connectivity index (χ0n) is 15.5. The fourth-order valence-corrected chi connectivity index (χ4v) is 4.05. The maximum Gasteiger partial charge on any atom is 0.242 e. The molecule has 0 aromatic carbocycles. The van der Waals surface area contributed by atoms with E-state index in [0.717, 1.165) is 12.8 Å². The number of nitrogens with zero attached hydrogens (tertiary/aromatic N) is 5. The van der Waals surface area contributed by atoms with Crippen molar-refractivity contribution in [1.82, 2.24) is 10.3 Å². The second-order valence-corrected chi connectivity index (χ2v) is 7.58. The Morgan fingerprint density at radius 1 is 1.29 bits per heavy atom. The summed E-state index contributed by atoms with van der Waals surface area (Å²) < 4.78 is 5.58. The molecule has 0 bridgehead atoms. The molecule has 0 aromatic heterocycles. The van der Waals surface area contributed by atoms with Crippen LogP contribution in [0.5, 0.6) is 0 Å². The lowest BCUT2D eigenvalue weighted by atomic mass is 9.90. The Hall–Kier alpha value is -2.08. The van der Waals surface area contributed by atoms with Gasteiger partial charge in [-0.25, -0.2) is 10.4 Å². The zero-order valence-corrected chi connectivity index (χ0v) is 15.5. The number of nitrogens with one attached hydrogen (secondary N) is 1. The molecule has 3 aliphatic heterocycles. The number of guanidine groups is 1. The van der Waals surface area contributed by atoms with Crippen LogP contribution in [0.3, 0.4) is 0 Å². The van der Waals surface area contributed by atoms with Crippen molar-refractivity contribution < 1.29 is 20.1 Å². The fraction of sp³-hybridized carbons (Fsp3) is 0.765. The van der Waals surface area contributed by atoms with Crippen LogP contribution in [0.15, 0.2) is 20.1 Å². The predicted octanol–water partition coefficient (Wildman–Crippen LogP) is -1.65. The Balaban J connectivity index is 1.45. The Bertz CT molecular complexity index is 691. The minimum atomic E-state index is -1.21. The molecule has 2 fully saturated rings. The summed E-state index contributed by atoms with van der Waals surface area (Å²) in [6.45, 7) is -0.399. The molecule has 4 aliphatic rings. The van der Waals surface area contributed by atoms with E-state index in [-0.39, 0.29) is 11.8 Å². The number of aliphatic imine (C=N–C) groups is 3. The van der Waals surface area contributed by atoms with Crippen molar-refractivity contribution in [1.29, 1.82) is 0 Å². The van der Waals surface area contributed by atoms with Gasteiger partial charge in [0.05, 0.1) is 12.9 Å². The number of nitrogens with two attached hydrogens (primary N) is 1. The van der Waals surface area contributed by atoms with E-state index in [1.807, 2.05) is 6.21 Å². The van der Waals surface area contributed by atoms with Crippen LogP contribution >= 0.6 is 0 Å². The molecule has 0 spiro atoms. The molecule has 1 saturated heterocycles. The molecule has 3 heterocycles. The summed E-state index contributed by atoms with van der Waals surface area (Å²) in [5.74, 6) is 0.999. The van der Waals surface area contributed by atoms with Crippen LogP contribution in [-0.4, -0.2) is 87.9 Å². The van der Waals surface area contributed by atoms with Gasteiger partial charge in [-0.3, -0.25) is 4.99 Å². The van der Waals surface area contributed by atoms with Crippen LogP contribution in [-0.2, 0) is 4.74 Å². The molecule has 0 amide bonds. The van der Waals surface area contributed by atoms with E-state index in [2.05, 4.69) is 25.5 Å². The van der Waals surface area contributed by atoms with Gasteiger partial charge in [-0.1, -0.05) is 19.3 Å². The average molecular weight is 393 g/mol. The highest BCUT2D eigenvalue weighted by atomic mass is 16.6. The standard InChI is InChI=1S/C17H27N7O4/c18-14-11-15(22-17(21-14)23-20-6-9-4-2-1-3-5-9)24(8-19-11)16-13(27)12(26)10(7-25)28-16/h6,8-13,15-16,25-27H,1-5,7H2,(H3,18,21,22,23)/t10?,11?,12-,13-,15?,16?/m1/s1. The summed E-state index contributed by atoms with van der Waals surface area (Å²) in [5.41, 5.74) is 8.89. The van der Waals surface area contributed by atoms with Gasteiger partial charge < -0.3 is 30.7 Å². The molecule has 1 aliphatic carbocycles. The first-order chi connectivity index (χ1) is 13.6. The average Bonchev–Trinajstić information content (AvgIpc) is 3.24. The Kier molecular flexibility index (Phi) is 5.58. The van der Waals surface area contributed by atoms with Crippen molar-refractivity contribution in [2.45, 2.75) is 68.9 Å². The first kappa shape index (κ1) is 19.2. The van der Waals surface area contributed by atoms with Crippen LogP contribution in [0.1, 0.15) is 32.1 Å². The normalized spacial score (nSPS) is 38.6. The number of hydrogen-bond acceptors (Lipinski definition) is 11. The van der Waals surface area contributed by atoms with Gasteiger partial charge in [0.25, 0.3) is 0 Å². The van der Waals surface area contributed by atoms with E-state index in [1.54, 1.807) is 4.90 Å². The van der Waals surface area contributed by atoms with Gasteiger partial charge in [-0.15, -0.1) is 0 Å². The van der Waals surface area contributed by atoms with Gasteiger partial charge in [0.15, 0.2) is 12.4 Å². The zero-order chi connectivity index (χ0) is 19.7. The summed E-state index contributed by atoms with van der Waals surface area (Å²) in [7, 11) is 0. The Labute approximate surface area is 162 Å². The molecule has 1 saturated carbocycles. The largest absolute Gasteiger partial charge is 0.394 e. The Morgan fingerprint density at radius 2 is 2.07 bits per heavy atom. The molecule has 154 valence electrons. The maximum atomic E-state index is 10.3. The summed E-state index contributed by atoms with van der Waals surface area (Å²) >= 11 is 0. The lowest BCUT2D eigenvalue weighted by molar-refractivity contribution is -0.0779. The van der Waals surface area contributed by atoms with Crippen LogP contribution < -0.4 is 11.2 Å². The third-order valence-corrected chi connectivity index (χ3v) is 5.65. The van der Waals surface area contributed by atoms with Crippen LogP contribution in [0.2, 0.25) is 0 Å². The van der Waals surface area contributed by atoms with Gasteiger partial charge in [-0.05, 0) is 18.8 Å². The molecule has 6 N–H and O–H groups in total. The summed E-state index contributed by atoms with van der Waals surface area (Å²) in [6.07, 6.45) is 4.64. The lowest BCUT2D eigenvalue weighted by Crippen LogP contribution is -2.52. The van der Waals surface area contributed by atoms with Crippen molar-refractivity contribution >= 4 is 24.3 Å². The molecule has 4 rings (SSSR count). The van der Waals surface area contributed by atoms with E-state index in [9.17, 15) is 15.3 Å². The minimum Gasteiger partial charge on any atom is -0.394 e. The van der Waals surface area contributed by atoms with Crippen molar-refractivity contribution in [3.63, 3.8) is 0 Å². The Morgan fingerprint density at radius 3 is 2.79 bits per heavy atom. The molecule has 28 heavy (non-hydrogen) atoms. The molecule has 11 nitrogen and oxygen atoms in total. The highest BCUT2D eigenvalue weighted by Crippen LogP contribution is 2.29. The first-order valence-electron chi connectivity index (χ1n) is 9.72. The first-order valence-corrected chi connectivity index (χ1v) is 9.72. The van der Waals surface area contributed by atoms with Gasteiger partial charge in [0.2, 0.25) is 5.96 Å². The van der Waals surface area contributed by atoms with Crippen LogP contribution in [0.25, 0.3) is 0 Å². The molecule has 6 atom stereocenters. The SMILES string of the molecule is NC1=NC(NN=CC2CCCCC2)=NC2C1N=CN2C1OC(CO)[C@@H](O)[C@H]1O. The number of fused-ring (bicyclic) bond motifs is 1. The van der Waals surface area contributed by atoms with E-state index in [1.165, 1.54) is 25.6 Å². The third kappa shape index (κ3) is 3.62. The van der Waals surface area contributed by atoms with Crippen LogP contribution in [0.4, 0.5) is 0 Å². The highest BCUT2D eigenvalue weighted by molar-refractivity contribution is 6.01. The third-order valence-electron chi connectivity index (χ3n) is 5.65. The van der Waals surface area contributed by atoms with Crippen molar-refractivity contribution in [2.24, 2.45) is 31.7 Å². The van der Waals surface area contributed by atoms with E-state index >= 15 is 0 Å². The topological polar surface area (TPSA) is 161 Å². The quantitative estimate of drug-likeness (QED) is 0.282. The molecule has 4 unspecified atom stereocenters. The van der Waals surface area contributed by atoms with E-state index < -0.39 is 43.4 Å². The van der Waals surface area contributed by atoms with Gasteiger partial charge in [-0.2, -0.15) is 10.1 Å². The highest BCUT2D eigenvalue weighted by Gasteiger charge is 2.50. The maximum absolute atomic E-state index is 10.3. The summed E-state index contributed by atoms with van der Waals surface area (Å²) in [5, 5.41) is 33.9. The number of hydrazone groups is 1. The molecular weight excluding hydrogens is 366 g/mol. The van der Waals surface area contributed by atoms with E-state index in [0.29, 0.717) is 5.92 Å². The van der Waals surface area contributed by atoms with Gasteiger partial charge >= 0.3 is 0 Å². The molecular formula is C17H27N7O4. The number of aliphatic hydroxyl groups is 3. The predicted molar refractivity (Wildman–Crippen MR) is 103 cm³/mol. The van der Waals surface area contributed by atoms with Crippen molar-refractivity contribution in [3.8, 4) is 0 Å². The monoisotopic (exact) mass is 393 g/mol. The number of hydrogen-bond donors (Lipinski definition) is 5. The van der Waals surface area contributed by atoms with Crippen molar-refractivity contribution in [3.05, 3.63) is 0 Å². The number of aliphatic hydroxyl groups excluding tert-OH is 3. The number of amidine groups is 1. The summed E-state index contributed by atoms with van der Waals surface area (Å²) in [4.78, 5) is 14.6. The van der Waals surface area contributed by atoms with Gasteiger partial charge in [0, 0.05) is 6.21 Å². The number of ether oxygens (including phenoxy) is 1. The molecule has 0 radical (unpaired) electrons. The van der Waals surface area contributed by atoms with Crippen molar-refractivity contribution in [2.75, 3.05) is 6.61 Å². The second kappa shape index (κ2) is 8.11. The summed E-state index contributed by atoms with van der Waals surface area (Å²) in [6, 6.07) is -0.506. The fourth-order valence-electron chi connectivity index (χ4n) is 4.05. The molecule has 11 heteroatoms. The minimum absolute atomic E-state index is 0.257. The second-order valence-electron chi connectivity index (χ2n) is 7.58. The van der Waals surface area contributed by atoms with E-state index in [4.69, 9.17) is 10.5 Å². The molecule has 0 aromatic rings. The number of rotatable bonds is 4. The van der Waals surface area contributed by atoms with Crippen LogP contribution in [0, 0.1) is 5.92 Å². The lowest BCUT2D eigenvalue weighted by Gasteiger charge is -2.32.